The Labute approximate surface area is 141 Å². The summed E-state index contributed by atoms with van der Waals surface area (Å²) >= 11 is 3.08. The number of hydrogen-bond donors (Lipinski definition) is 1. The fourth-order valence-corrected chi connectivity index (χ4v) is 4.27. The maximum atomic E-state index is 12.8. The fourth-order valence-electron chi connectivity index (χ4n) is 2.56. The van der Waals surface area contributed by atoms with E-state index in [2.05, 4.69) is 27.6 Å². The summed E-state index contributed by atoms with van der Waals surface area (Å²) in [7, 11) is 1.78. The number of carbonyl (C=O) groups excluding carboxylic acids is 1. The highest BCUT2D eigenvalue weighted by Gasteiger charge is 2.34. The fraction of sp³-hybridized carbons (Fsp3) is 0.188. The van der Waals surface area contributed by atoms with Crippen molar-refractivity contribution in [2.24, 2.45) is 5.10 Å². The van der Waals surface area contributed by atoms with Crippen LogP contribution in [0.3, 0.4) is 0 Å². The van der Waals surface area contributed by atoms with Gasteiger partial charge in [-0.1, -0.05) is 29.6 Å². The van der Waals surface area contributed by atoms with Crippen molar-refractivity contribution in [3.63, 3.8) is 0 Å². The Morgan fingerprint density at radius 3 is 2.96 bits per heavy atom. The molecule has 1 aliphatic carbocycles. The lowest BCUT2D eigenvalue weighted by Crippen LogP contribution is -2.24. The zero-order chi connectivity index (χ0) is 15.8. The van der Waals surface area contributed by atoms with Gasteiger partial charge in [0.25, 0.3) is 5.91 Å². The number of hydrogen-bond acceptors (Lipinski definition) is 6. The van der Waals surface area contributed by atoms with Gasteiger partial charge in [0.1, 0.15) is 5.71 Å². The van der Waals surface area contributed by atoms with E-state index in [1.807, 2.05) is 17.5 Å². The Morgan fingerprint density at radius 1 is 1.35 bits per heavy atom. The normalized spacial score (nSPS) is 18.5. The van der Waals surface area contributed by atoms with Crippen LogP contribution >= 0.6 is 22.7 Å². The van der Waals surface area contributed by atoms with E-state index >= 15 is 0 Å². The molecule has 0 saturated heterocycles. The zero-order valence-electron chi connectivity index (χ0n) is 12.4. The largest absolute Gasteiger partial charge is 0.393 e. The van der Waals surface area contributed by atoms with Crippen LogP contribution in [0.4, 0.5) is 5.13 Å². The van der Waals surface area contributed by atoms with Gasteiger partial charge in [-0.2, -0.15) is 10.1 Å². The zero-order valence-corrected chi connectivity index (χ0v) is 14.1. The molecule has 116 valence electrons. The van der Waals surface area contributed by atoms with Crippen LogP contribution in [0.1, 0.15) is 17.7 Å². The number of anilines is 1. The molecule has 0 aromatic carbocycles. The Bertz CT molecular complexity index is 904. The van der Waals surface area contributed by atoms with Gasteiger partial charge in [0, 0.05) is 13.2 Å². The first-order valence-corrected chi connectivity index (χ1v) is 8.99. The summed E-state index contributed by atoms with van der Waals surface area (Å²) in [5.74, 6) is -0.145. The van der Waals surface area contributed by atoms with Crippen LogP contribution < -0.4 is 20.2 Å². The van der Waals surface area contributed by atoms with Crippen LogP contribution in [-0.2, 0) is 4.79 Å². The standard InChI is InChI=1S/C16H14N4OS2/c1-17-9-10-14(13-7-4-8-22-13)19-20(15(10)21)16-18-11-5-2-3-6-12(11)23-16/h4-9,17H,2-3H2,1H3/b10-9+. The Balaban J connectivity index is 1.82. The first-order valence-electron chi connectivity index (χ1n) is 7.30. The van der Waals surface area contributed by atoms with Gasteiger partial charge < -0.3 is 5.32 Å². The topological polar surface area (TPSA) is 57.6 Å². The highest BCUT2D eigenvalue weighted by Crippen LogP contribution is 2.27. The van der Waals surface area contributed by atoms with E-state index < -0.39 is 0 Å². The lowest BCUT2D eigenvalue weighted by atomic mass is 10.1. The molecule has 2 aromatic rings. The number of aromatic nitrogens is 1. The van der Waals surface area contributed by atoms with E-state index in [1.165, 1.54) is 16.3 Å². The summed E-state index contributed by atoms with van der Waals surface area (Å²) in [4.78, 5) is 18.3. The first kappa shape index (κ1) is 14.3. The summed E-state index contributed by atoms with van der Waals surface area (Å²) in [6, 6.07) is 3.93. The molecule has 2 aromatic heterocycles. The molecule has 3 heterocycles. The van der Waals surface area contributed by atoms with Crippen molar-refractivity contribution in [1.29, 1.82) is 0 Å². The van der Waals surface area contributed by atoms with Gasteiger partial charge in [0.05, 0.1) is 20.3 Å². The number of nitrogens with one attached hydrogen (secondary N) is 1. The predicted octanol–water partition coefficient (Wildman–Crippen LogP) is 1.41. The minimum absolute atomic E-state index is 0.145. The number of fused-ring (bicyclic) bond motifs is 1. The monoisotopic (exact) mass is 342 g/mol. The van der Waals surface area contributed by atoms with Crippen LogP contribution in [-0.4, -0.2) is 23.7 Å². The van der Waals surface area contributed by atoms with E-state index in [0.717, 1.165) is 27.6 Å². The van der Waals surface area contributed by atoms with Crippen LogP contribution in [0.5, 0.6) is 0 Å². The van der Waals surface area contributed by atoms with Gasteiger partial charge in [0.15, 0.2) is 0 Å². The second-order valence-corrected chi connectivity index (χ2v) is 7.08. The van der Waals surface area contributed by atoms with E-state index in [4.69, 9.17) is 0 Å². The average Bonchev–Trinajstić information content (AvgIpc) is 3.27. The van der Waals surface area contributed by atoms with Crippen molar-refractivity contribution in [2.45, 2.75) is 12.8 Å². The number of amides is 1. The van der Waals surface area contributed by atoms with Crippen LogP contribution in [0.15, 0.2) is 34.4 Å². The van der Waals surface area contributed by atoms with Crippen molar-refractivity contribution < 1.29 is 4.79 Å². The number of carbonyl (C=O) groups is 1. The van der Waals surface area contributed by atoms with Gasteiger partial charge in [-0.05, 0) is 24.3 Å². The second kappa shape index (κ2) is 5.75. The molecular weight excluding hydrogens is 328 g/mol. The Hall–Kier alpha value is -2.25. The van der Waals surface area contributed by atoms with Gasteiger partial charge in [0.2, 0.25) is 5.13 Å². The SMILES string of the molecule is CN/C=C1/C(=O)N(c2nc3c(s2)=CCCC=3)N=C1c1cccs1. The molecule has 0 unspecified atom stereocenters. The van der Waals surface area contributed by atoms with Crippen LogP contribution in [0, 0.1) is 0 Å². The van der Waals surface area contributed by atoms with Crippen molar-refractivity contribution in [1.82, 2.24) is 10.3 Å². The molecule has 2 aliphatic rings. The van der Waals surface area contributed by atoms with E-state index in [1.54, 1.807) is 24.6 Å². The summed E-state index contributed by atoms with van der Waals surface area (Å²) in [5.41, 5.74) is 1.26. The summed E-state index contributed by atoms with van der Waals surface area (Å²) in [6.07, 6.45) is 8.01. The Kier molecular flexibility index (Phi) is 3.59. The molecule has 7 heteroatoms. The molecule has 23 heavy (non-hydrogen) atoms. The number of rotatable bonds is 3. The van der Waals surface area contributed by atoms with E-state index in [-0.39, 0.29) is 5.91 Å². The van der Waals surface area contributed by atoms with Crippen LogP contribution in [0.25, 0.3) is 12.2 Å². The molecule has 5 nitrogen and oxygen atoms in total. The molecule has 0 spiro atoms. The van der Waals surface area contributed by atoms with E-state index in [0.29, 0.717) is 16.4 Å². The summed E-state index contributed by atoms with van der Waals surface area (Å²) in [6.45, 7) is 0. The van der Waals surface area contributed by atoms with Gasteiger partial charge >= 0.3 is 0 Å². The van der Waals surface area contributed by atoms with Crippen molar-refractivity contribution in [3.8, 4) is 0 Å². The highest BCUT2D eigenvalue weighted by atomic mass is 32.1. The molecule has 4 rings (SSSR count). The smallest absolute Gasteiger partial charge is 0.284 e. The average molecular weight is 342 g/mol. The summed E-state index contributed by atoms with van der Waals surface area (Å²) < 4.78 is 1.12. The molecule has 1 amide bonds. The van der Waals surface area contributed by atoms with Gasteiger partial charge in [-0.25, -0.2) is 4.98 Å². The second-order valence-electron chi connectivity index (χ2n) is 5.12. The molecule has 0 fully saturated rings. The van der Waals surface area contributed by atoms with Crippen molar-refractivity contribution in [2.75, 3.05) is 12.1 Å². The maximum absolute atomic E-state index is 12.8. The highest BCUT2D eigenvalue weighted by molar-refractivity contribution is 7.14. The molecule has 0 atom stereocenters. The molecule has 1 aliphatic heterocycles. The molecule has 0 saturated carbocycles. The first-order chi connectivity index (χ1) is 11.3. The van der Waals surface area contributed by atoms with E-state index in [9.17, 15) is 4.79 Å². The quantitative estimate of drug-likeness (QED) is 0.858. The number of thiophene rings is 1. The third-order valence-electron chi connectivity index (χ3n) is 3.61. The predicted molar refractivity (Wildman–Crippen MR) is 95.0 cm³/mol. The van der Waals surface area contributed by atoms with Crippen LogP contribution in [0.2, 0.25) is 0 Å². The number of hydrazone groups is 1. The minimum Gasteiger partial charge on any atom is -0.393 e. The Morgan fingerprint density at radius 2 is 2.22 bits per heavy atom. The lowest BCUT2D eigenvalue weighted by molar-refractivity contribution is -0.114. The molecular formula is C16H14N4OS2. The van der Waals surface area contributed by atoms with Crippen molar-refractivity contribution >= 4 is 51.6 Å². The maximum Gasteiger partial charge on any atom is 0.284 e. The van der Waals surface area contributed by atoms with Crippen molar-refractivity contribution in [3.05, 3.63) is 44.0 Å². The number of thiazole rings is 1. The molecule has 1 N–H and O–H groups in total. The number of nitrogens with zero attached hydrogens (tertiary/aromatic N) is 3. The summed E-state index contributed by atoms with van der Waals surface area (Å²) in [5, 5.41) is 12.5. The third kappa shape index (κ3) is 2.42. The van der Waals surface area contributed by atoms with Gasteiger partial charge in [-0.3, -0.25) is 4.79 Å². The molecule has 0 radical (unpaired) electrons. The minimum atomic E-state index is -0.145. The lowest BCUT2D eigenvalue weighted by Gasteiger charge is -2.05. The third-order valence-corrected chi connectivity index (χ3v) is 5.53. The van der Waals surface area contributed by atoms with Gasteiger partial charge in [-0.15, -0.1) is 11.3 Å². The molecule has 0 bridgehead atoms.